The van der Waals surface area contributed by atoms with Gasteiger partial charge >= 0.3 is 0 Å². The van der Waals surface area contributed by atoms with E-state index in [1.165, 1.54) is 36.8 Å². The van der Waals surface area contributed by atoms with Crippen LogP contribution in [-0.4, -0.2) is 0 Å². The molecule has 3 unspecified atom stereocenters. The largest absolute Gasteiger partial charge is 0.0985 e. The van der Waals surface area contributed by atoms with E-state index in [1.807, 2.05) is 6.08 Å². The molecule has 0 spiro atoms. The van der Waals surface area contributed by atoms with Crippen LogP contribution in [0, 0.1) is 17.8 Å². The summed E-state index contributed by atoms with van der Waals surface area (Å²) < 4.78 is 0. The molecule has 0 radical (unpaired) electrons. The molecule has 0 heterocycles. The van der Waals surface area contributed by atoms with Crippen molar-refractivity contribution in [1.29, 1.82) is 0 Å². The zero-order chi connectivity index (χ0) is 11.7. The molecule has 3 atom stereocenters. The zero-order valence-electron chi connectivity index (χ0n) is 10.3. The zero-order valence-corrected chi connectivity index (χ0v) is 10.3. The Hall–Kier alpha value is -1.30. The molecule has 0 heteroatoms. The van der Waals surface area contributed by atoms with E-state index in [9.17, 15) is 0 Å². The summed E-state index contributed by atoms with van der Waals surface area (Å²) in [6.45, 7) is 3.79. The standard InChI is InChI=1S/C17H20/c1-2-13-3-5-14(6-4-13)7-9-16-11-15-8-10-17(16)12-15/h2-6,8,10,15-17H,1,7,9,11-12H2. The van der Waals surface area contributed by atoms with Crippen molar-refractivity contribution in [2.24, 2.45) is 17.8 Å². The predicted octanol–water partition coefficient (Wildman–Crippen LogP) is 4.47. The Morgan fingerprint density at radius 2 is 1.94 bits per heavy atom. The Bertz CT molecular complexity index is 424. The van der Waals surface area contributed by atoms with E-state index in [2.05, 4.69) is 43.0 Å². The van der Waals surface area contributed by atoms with E-state index in [1.54, 1.807) is 0 Å². The maximum absolute atomic E-state index is 3.79. The van der Waals surface area contributed by atoms with Gasteiger partial charge in [-0.2, -0.15) is 0 Å². The van der Waals surface area contributed by atoms with Gasteiger partial charge in [-0.05, 0) is 54.6 Å². The fraction of sp³-hybridized carbons (Fsp3) is 0.412. The Labute approximate surface area is 104 Å². The van der Waals surface area contributed by atoms with Gasteiger partial charge in [-0.3, -0.25) is 0 Å². The van der Waals surface area contributed by atoms with E-state index >= 15 is 0 Å². The molecule has 2 aliphatic rings. The van der Waals surface area contributed by atoms with Gasteiger partial charge in [0.25, 0.3) is 0 Å². The molecule has 88 valence electrons. The van der Waals surface area contributed by atoms with Crippen LogP contribution >= 0.6 is 0 Å². The highest BCUT2D eigenvalue weighted by Crippen LogP contribution is 2.45. The molecule has 1 aromatic carbocycles. The molecule has 1 fully saturated rings. The SMILES string of the molecule is C=Cc1ccc(CCC2CC3C=CC2C3)cc1. The molecule has 2 aliphatic carbocycles. The van der Waals surface area contributed by atoms with Gasteiger partial charge in [0.2, 0.25) is 0 Å². The highest BCUT2D eigenvalue weighted by Gasteiger charge is 2.34. The van der Waals surface area contributed by atoms with E-state index in [0.29, 0.717) is 0 Å². The quantitative estimate of drug-likeness (QED) is 0.662. The van der Waals surface area contributed by atoms with Gasteiger partial charge in [0.15, 0.2) is 0 Å². The van der Waals surface area contributed by atoms with Gasteiger partial charge in [-0.1, -0.05) is 49.1 Å². The van der Waals surface area contributed by atoms with E-state index in [4.69, 9.17) is 0 Å². The van der Waals surface area contributed by atoms with Gasteiger partial charge in [-0.15, -0.1) is 0 Å². The van der Waals surface area contributed by atoms with Gasteiger partial charge in [-0.25, -0.2) is 0 Å². The van der Waals surface area contributed by atoms with Crippen LogP contribution in [0.1, 0.15) is 30.4 Å². The summed E-state index contributed by atoms with van der Waals surface area (Å²) in [6.07, 6.45) is 12.3. The van der Waals surface area contributed by atoms with Crippen molar-refractivity contribution >= 4 is 6.08 Å². The van der Waals surface area contributed by atoms with Crippen LogP contribution in [0.3, 0.4) is 0 Å². The number of aryl methyl sites for hydroxylation is 1. The molecule has 0 nitrogen and oxygen atoms in total. The minimum absolute atomic E-state index is 0.896. The van der Waals surface area contributed by atoms with Crippen molar-refractivity contribution in [1.82, 2.24) is 0 Å². The summed E-state index contributed by atoms with van der Waals surface area (Å²) in [5, 5.41) is 0. The smallest absolute Gasteiger partial charge is 0.0199 e. The summed E-state index contributed by atoms with van der Waals surface area (Å²) >= 11 is 0. The summed E-state index contributed by atoms with van der Waals surface area (Å²) in [6, 6.07) is 8.84. The molecule has 0 amide bonds. The maximum atomic E-state index is 3.79. The van der Waals surface area contributed by atoms with Crippen LogP contribution in [0.25, 0.3) is 6.08 Å². The summed E-state index contributed by atoms with van der Waals surface area (Å²) in [4.78, 5) is 0. The van der Waals surface area contributed by atoms with Crippen molar-refractivity contribution in [2.75, 3.05) is 0 Å². The van der Waals surface area contributed by atoms with Gasteiger partial charge in [0.05, 0.1) is 0 Å². The second-order valence-electron chi connectivity index (χ2n) is 5.52. The third-order valence-electron chi connectivity index (χ3n) is 4.44. The number of allylic oxidation sites excluding steroid dienone is 2. The Balaban J connectivity index is 1.57. The average Bonchev–Trinajstić information content (AvgIpc) is 2.99. The van der Waals surface area contributed by atoms with Crippen LogP contribution in [0.4, 0.5) is 0 Å². The summed E-state index contributed by atoms with van der Waals surface area (Å²) in [5.41, 5.74) is 2.69. The average molecular weight is 224 g/mol. The van der Waals surface area contributed by atoms with E-state index in [-0.39, 0.29) is 0 Å². The molecular weight excluding hydrogens is 204 g/mol. The van der Waals surface area contributed by atoms with Gasteiger partial charge in [0.1, 0.15) is 0 Å². The maximum Gasteiger partial charge on any atom is -0.0199 e. The van der Waals surface area contributed by atoms with Crippen molar-refractivity contribution in [3.8, 4) is 0 Å². The molecule has 1 aromatic rings. The van der Waals surface area contributed by atoms with Crippen molar-refractivity contribution in [3.63, 3.8) is 0 Å². The minimum atomic E-state index is 0.896. The summed E-state index contributed by atoms with van der Waals surface area (Å²) in [5.74, 6) is 2.75. The van der Waals surface area contributed by atoms with Gasteiger partial charge in [0, 0.05) is 0 Å². The monoisotopic (exact) mass is 224 g/mol. The number of hydrogen-bond donors (Lipinski definition) is 0. The summed E-state index contributed by atoms with van der Waals surface area (Å²) in [7, 11) is 0. The molecule has 17 heavy (non-hydrogen) atoms. The first-order chi connectivity index (χ1) is 8.35. The fourth-order valence-corrected chi connectivity index (χ4v) is 3.40. The van der Waals surface area contributed by atoms with Crippen molar-refractivity contribution in [3.05, 3.63) is 54.1 Å². The topological polar surface area (TPSA) is 0 Å². The molecule has 0 aliphatic heterocycles. The molecule has 0 saturated heterocycles. The number of rotatable bonds is 4. The molecule has 0 aromatic heterocycles. The van der Waals surface area contributed by atoms with Crippen LogP contribution in [0.2, 0.25) is 0 Å². The fourth-order valence-electron chi connectivity index (χ4n) is 3.40. The third kappa shape index (κ3) is 2.22. The highest BCUT2D eigenvalue weighted by atomic mass is 14.4. The molecule has 0 N–H and O–H groups in total. The molecule has 3 rings (SSSR count). The molecular formula is C17H20. The second kappa shape index (κ2) is 4.52. The number of hydrogen-bond acceptors (Lipinski definition) is 0. The lowest BCUT2D eigenvalue weighted by molar-refractivity contribution is 0.416. The van der Waals surface area contributed by atoms with E-state index in [0.717, 1.165) is 17.8 Å². The van der Waals surface area contributed by atoms with Crippen LogP contribution < -0.4 is 0 Å². The number of benzene rings is 1. The van der Waals surface area contributed by atoms with Crippen LogP contribution in [0.15, 0.2) is 43.0 Å². The molecule has 1 saturated carbocycles. The Kier molecular flexibility index (Phi) is 2.88. The van der Waals surface area contributed by atoms with Crippen LogP contribution in [-0.2, 0) is 6.42 Å². The highest BCUT2D eigenvalue weighted by molar-refractivity contribution is 5.47. The normalized spacial score (nSPS) is 29.8. The Morgan fingerprint density at radius 3 is 2.53 bits per heavy atom. The lowest BCUT2D eigenvalue weighted by atomic mass is 9.88. The first kappa shape index (κ1) is 10.8. The van der Waals surface area contributed by atoms with Crippen LogP contribution in [0.5, 0.6) is 0 Å². The predicted molar refractivity (Wildman–Crippen MR) is 73.7 cm³/mol. The minimum Gasteiger partial charge on any atom is -0.0985 e. The van der Waals surface area contributed by atoms with Gasteiger partial charge < -0.3 is 0 Å². The third-order valence-corrected chi connectivity index (χ3v) is 4.44. The van der Waals surface area contributed by atoms with Crippen molar-refractivity contribution in [2.45, 2.75) is 25.7 Å². The van der Waals surface area contributed by atoms with Crippen molar-refractivity contribution < 1.29 is 0 Å². The second-order valence-corrected chi connectivity index (χ2v) is 5.52. The van der Waals surface area contributed by atoms with E-state index < -0.39 is 0 Å². The molecule has 2 bridgehead atoms. The Morgan fingerprint density at radius 1 is 1.12 bits per heavy atom. The lowest BCUT2D eigenvalue weighted by Gasteiger charge is -2.17. The number of fused-ring (bicyclic) bond motifs is 2. The first-order valence-corrected chi connectivity index (χ1v) is 6.75. The lowest BCUT2D eigenvalue weighted by Crippen LogP contribution is -2.07. The first-order valence-electron chi connectivity index (χ1n) is 6.75.